The molecule has 2 aromatic heterocycles. The fraction of sp³-hybridized carbons (Fsp3) is 0.435. The van der Waals surface area contributed by atoms with Crippen molar-refractivity contribution in [2.75, 3.05) is 18.4 Å². The van der Waals surface area contributed by atoms with Crippen molar-refractivity contribution in [3.63, 3.8) is 0 Å². The smallest absolute Gasteiger partial charge is 0.317 e. The molecule has 30 heavy (non-hydrogen) atoms. The molecule has 1 aliphatic rings. The van der Waals surface area contributed by atoms with Crippen molar-refractivity contribution in [1.29, 1.82) is 0 Å². The second-order valence-corrected chi connectivity index (χ2v) is 8.32. The fourth-order valence-corrected chi connectivity index (χ4v) is 3.98. The maximum absolute atomic E-state index is 12.3. The molecule has 0 spiro atoms. The topological polar surface area (TPSA) is 75.1 Å². The van der Waals surface area contributed by atoms with Gasteiger partial charge >= 0.3 is 6.03 Å². The summed E-state index contributed by atoms with van der Waals surface area (Å²) in [7, 11) is 2.01. The predicted molar refractivity (Wildman–Crippen MR) is 119 cm³/mol. The number of nitrogens with zero attached hydrogens (tertiary/aromatic N) is 4. The summed E-state index contributed by atoms with van der Waals surface area (Å²) in [5.74, 6) is 1.16. The summed E-state index contributed by atoms with van der Waals surface area (Å²) in [5.41, 5.74) is 4.25. The molecule has 7 heteroatoms. The minimum atomic E-state index is 0.0312. The molecule has 7 nitrogen and oxygen atoms in total. The molecule has 3 aromatic rings. The number of carbonyl (C=O) groups is 1. The van der Waals surface area contributed by atoms with E-state index >= 15 is 0 Å². The number of amides is 2. The highest BCUT2D eigenvalue weighted by Gasteiger charge is 2.26. The molecule has 1 aromatic carbocycles. The van der Waals surface area contributed by atoms with Crippen molar-refractivity contribution >= 4 is 22.9 Å². The van der Waals surface area contributed by atoms with Gasteiger partial charge in [-0.25, -0.2) is 14.8 Å². The predicted octanol–water partition coefficient (Wildman–Crippen LogP) is 3.88. The lowest BCUT2D eigenvalue weighted by Crippen LogP contribution is -2.46. The summed E-state index contributed by atoms with van der Waals surface area (Å²) in [5, 5.41) is 6.47. The first kappa shape index (κ1) is 20.2. The molecule has 0 radical (unpaired) electrons. The Hall–Kier alpha value is -3.09. The van der Waals surface area contributed by atoms with Gasteiger partial charge in [0.1, 0.15) is 5.52 Å². The lowest BCUT2D eigenvalue weighted by atomic mass is 9.93. The van der Waals surface area contributed by atoms with E-state index in [0.717, 1.165) is 48.5 Å². The number of carbonyl (C=O) groups excluding carboxylic acids is 1. The van der Waals surface area contributed by atoms with Crippen LogP contribution in [0.3, 0.4) is 0 Å². The van der Waals surface area contributed by atoms with Crippen molar-refractivity contribution in [1.82, 2.24) is 24.8 Å². The number of rotatable bonds is 5. The molecule has 2 N–H and O–H groups in total. The Kier molecular flexibility index (Phi) is 5.88. The molecule has 3 heterocycles. The first-order chi connectivity index (χ1) is 14.5. The number of aryl methyl sites for hydroxylation is 1. The number of hydrogen-bond acceptors (Lipinski definition) is 4. The standard InChI is InChI=1S/C23H30N6O/c1-16(2)26-23(30)29-11-9-18(10-12-29)19-13-20-21(25-15-28(20)3)22(27-19)24-14-17-7-5-4-6-8-17/h4-8,13,15-16,18H,9-12,14H2,1-3H3,(H,24,27)(H,26,30). The third-order valence-corrected chi connectivity index (χ3v) is 5.65. The van der Waals surface area contributed by atoms with Crippen molar-refractivity contribution in [3.05, 3.63) is 54.0 Å². The van der Waals surface area contributed by atoms with Crippen LogP contribution in [0.25, 0.3) is 11.0 Å². The first-order valence-corrected chi connectivity index (χ1v) is 10.7. The van der Waals surface area contributed by atoms with Crippen LogP contribution in [0.2, 0.25) is 0 Å². The SMILES string of the molecule is CC(C)NC(=O)N1CCC(c2cc3c(ncn3C)c(NCc3ccccc3)n2)CC1. The number of fused-ring (bicyclic) bond motifs is 1. The van der Waals surface area contributed by atoms with Gasteiger partial charge in [-0.05, 0) is 38.3 Å². The van der Waals surface area contributed by atoms with Crippen LogP contribution < -0.4 is 10.6 Å². The van der Waals surface area contributed by atoms with E-state index in [-0.39, 0.29) is 12.1 Å². The van der Waals surface area contributed by atoms with Crippen molar-refractivity contribution in [2.45, 2.75) is 45.2 Å². The van der Waals surface area contributed by atoms with Crippen LogP contribution in [-0.2, 0) is 13.6 Å². The Labute approximate surface area is 177 Å². The molecule has 158 valence electrons. The number of pyridine rings is 1. The molecular formula is C23H30N6O. The lowest BCUT2D eigenvalue weighted by Gasteiger charge is -2.32. The summed E-state index contributed by atoms with van der Waals surface area (Å²) in [6, 6.07) is 12.7. The Morgan fingerprint density at radius 2 is 1.93 bits per heavy atom. The monoisotopic (exact) mass is 406 g/mol. The number of benzene rings is 1. The van der Waals surface area contributed by atoms with Gasteiger partial charge < -0.3 is 20.1 Å². The van der Waals surface area contributed by atoms with Crippen LogP contribution in [0.5, 0.6) is 0 Å². The van der Waals surface area contributed by atoms with Gasteiger partial charge in [-0.15, -0.1) is 0 Å². The number of nitrogens with one attached hydrogen (secondary N) is 2. The van der Waals surface area contributed by atoms with Crippen LogP contribution in [0.4, 0.5) is 10.6 Å². The zero-order chi connectivity index (χ0) is 21.1. The van der Waals surface area contributed by atoms with Crippen molar-refractivity contribution in [3.8, 4) is 0 Å². The van der Waals surface area contributed by atoms with Crippen LogP contribution in [0.15, 0.2) is 42.7 Å². The summed E-state index contributed by atoms with van der Waals surface area (Å²) in [4.78, 5) is 23.7. The number of piperidine rings is 1. The third-order valence-electron chi connectivity index (χ3n) is 5.65. The molecule has 1 saturated heterocycles. The molecule has 0 atom stereocenters. The average Bonchev–Trinajstić information content (AvgIpc) is 3.13. The van der Waals surface area contributed by atoms with E-state index in [1.54, 1.807) is 0 Å². The molecule has 0 aliphatic carbocycles. The van der Waals surface area contributed by atoms with Gasteiger partial charge in [0.25, 0.3) is 0 Å². The number of likely N-dealkylation sites (tertiary alicyclic amines) is 1. The van der Waals surface area contributed by atoms with Gasteiger partial charge in [0, 0.05) is 44.3 Å². The van der Waals surface area contributed by atoms with Crippen molar-refractivity contribution < 1.29 is 4.79 Å². The number of hydrogen-bond donors (Lipinski definition) is 2. The molecule has 0 unspecified atom stereocenters. The van der Waals surface area contributed by atoms with Crippen LogP contribution in [-0.4, -0.2) is 44.6 Å². The molecule has 2 amide bonds. The van der Waals surface area contributed by atoms with Gasteiger partial charge in [0.05, 0.1) is 11.8 Å². The summed E-state index contributed by atoms with van der Waals surface area (Å²) >= 11 is 0. The maximum atomic E-state index is 12.3. The molecule has 4 rings (SSSR count). The van der Waals surface area contributed by atoms with Crippen LogP contribution in [0, 0.1) is 0 Å². The molecule has 1 aliphatic heterocycles. The summed E-state index contributed by atoms with van der Waals surface area (Å²) in [6.45, 7) is 6.18. The highest BCUT2D eigenvalue weighted by Crippen LogP contribution is 2.31. The third kappa shape index (κ3) is 4.40. The quantitative estimate of drug-likeness (QED) is 0.674. The summed E-state index contributed by atoms with van der Waals surface area (Å²) < 4.78 is 2.04. The molecule has 0 saturated carbocycles. The van der Waals surface area contributed by atoms with E-state index < -0.39 is 0 Å². The number of anilines is 1. The van der Waals surface area contributed by atoms with Gasteiger partial charge in [0.15, 0.2) is 5.82 Å². The van der Waals surface area contributed by atoms with Gasteiger partial charge in [-0.3, -0.25) is 0 Å². The zero-order valence-electron chi connectivity index (χ0n) is 17.9. The van der Waals surface area contributed by atoms with Crippen LogP contribution in [0.1, 0.15) is 43.9 Å². The largest absolute Gasteiger partial charge is 0.364 e. The summed E-state index contributed by atoms with van der Waals surface area (Å²) in [6.07, 6.45) is 3.67. The Morgan fingerprint density at radius 3 is 2.63 bits per heavy atom. The van der Waals surface area contributed by atoms with E-state index in [2.05, 4.69) is 33.8 Å². The number of urea groups is 1. The molecule has 0 bridgehead atoms. The zero-order valence-corrected chi connectivity index (χ0v) is 17.9. The van der Waals surface area contributed by atoms with E-state index in [1.807, 2.05) is 54.9 Å². The highest BCUT2D eigenvalue weighted by molar-refractivity contribution is 5.86. The average molecular weight is 407 g/mol. The van der Waals surface area contributed by atoms with Crippen molar-refractivity contribution in [2.24, 2.45) is 7.05 Å². The Bertz CT molecular complexity index is 1010. The maximum Gasteiger partial charge on any atom is 0.317 e. The van der Waals surface area contributed by atoms with E-state index in [9.17, 15) is 4.79 Å². The van der Waals surface area contributed by atoms with Crippen LogP contribution >= 0.6 is 0 Å². The van der Waals surface area contributed by atoms with E-state index in [4.69, 9.17) is 4.98 Å². The molecule has 1 fully saturated rings. The Balaban J connectivity index is 1.52. The highest BCUT2D eigenvalue weighted by atomic mass is 16.2. The number of aromatic nitrogens is 3. The van der Waals surface area contributed by atoms with Gasteiger partial charge in [-0.1, -0.05) is 30.3 Å². The lowest BCUT2D eigenvalue weighted by molar-refractivity contribution is 0.178. The number of imidazole rings is 1. The Morgan fingerprint density at radius 1 is 1.20 bits per heavy atom. The second kappa shape index (κ2) is 8.73. The fourth-order valence-electron chi connectivity index (χ4n) is 3.98. The minimum absolute atomic E-state index is 0.0312. The normalized spacial score (nSPS) is 15.0. The second-order valence-electron chi connectivity index (χ2n) is 8.32. The molecular weight excluding hydrogens is 376 g/mol. The van der Waals surface area contributed by atoms with Gasteiger partial charge in [0.2, 0.25) is 0 Å². The van der Waals surface area contributed by atoms with E-state index in [0.29, 0.717) is 12.5 Å². The van der Waals surface area contributed by atoms with E-state index in [1.165, 1.54) is 5.56 Å². The first-order valence-electron chi connectivity index (χ1n) is 10.7. The minimum Gasteiger partial charge on any atom is -0.364 e. The van der Waals surface area contributed by atoms with Gasteiger partial charge in [-0.2, -0.15) is 0 Å².